The van der Waals surface area contributed by atoms with Gasteiger partial charge in [0.05, 0.1) is 6.61 Å². The molecule has 19 heavy (non-hydrogen) atoms. The number of aromatic hydroxyl groups is 1. The highest BCUT2D eigenvalue weighted by molar-refractivity contribution is 5.25. The molecule has 0 saturated carbocycles. The maximum atomic E-state index is 9.20. The maximum absolute atomic E-state index is 9.20. The quantitative estimate of drug-likeness (QED) is 0.575. The Kier molecular flexibility index (Phi) is 4.92. The van der Waals surface area contributed by atoms with Gasteiger partial charge in [-0.2, -0.15) is 4.68 Å². The van der Waals surface area contributed by atoms with Crippen LogP contribution in [-0.4, -0.2) is 26.7 Å². The van der Waals surface area contributed by atoms with E-state index < -0.39 is 0 Å². The third kappa shape index (κ3) is 4.06. The Morgan fingerprint density at radius 1 is 1.16 bits per heavy atom. The molecule has 2 aromatic rings. The van der Waals surface area contributed by atoms with Gasteiger partial charge in [0.1, 0.15) is 18.8 Å². The van der Waals surface area contributed by atoms with Crippen LogP contribution in [0.15, 0.2) is 36.7 Å². The van der Waals surface area contributed by atoms with E-state index in [0.29, 0.717) is 12.3 Å². The number of phenols is 1. The number of phenolic OH excluding ortho intramolecular Hbond substituents is 1. The van der Waals surface area contributed by atoms with Crippen molar-refractivity contribution in [3.05, 3.63) is 42.2 Å². The number of unbranched alkanes of at least 4 members (excludes halogenated alkanes) is 1. The van der Waals surface area contributed by atoms with Gasteiger partial charge in [-0.25, -0.2) is 0 Å². The minimum absolute atomic E-state index is 0.106. The predicted molar refractivity (Wildman–Crippen MR) is 70.6 cm³/mol. The minimum Gasteiger partial charge on any atom is -0.508 e. The summed E-state index contributed by atoms with van der Waals surface area (Å²) in [5.74, 6) is 0.312. The van der Waals surface area contributed by atoms with Crippen molar-refractivity contribution in [2.24, 2.45) is 0 Å². The summed E-state index contributed by atoms with van der Waals surface area (Å²) in [6, 6.07) is 7.36. The van der Waals surface area contributed by atoms with E-state index in [9.17, 15) is 5.11 Å². The summed E-state index contributed by atoms with van der Waals surface area (Å²) >= 11 is 0. The fraction of sp³-hybridized carbons (Fsp3) is 0.429. The second kappa shape index (κ2) is 6.89. The summed E-state index contributed by atoms with van der Waals surface area (Å²) < 4.78 is 2.02. The molecule has 102 valence electrons. The van der Waals surface area contributed by atoms with Crippen LogP contribution in [0, 0.1) is 0 Å². The fourth-order valence-electron chi connectivity index (χ4n) is 2.06. The van der Waals surface area contributed by atoms with Crippen molar-refractivity contribution < 1.29 is 14.9 Å². The van der Waals surface area contributed by atoms with E-state index in [2.05, 4.69) is 5.10 Å². The molecular weight excluding hydrogens is 242 g/mol. The highest BCUT2D eigenvalue weighted by Crippen LogP contribution is 2.11. The van der Waals surface area contributed by atoms with E-state index in [1.165, 1.54) is 5.56 Å². The van der Waals surface area contributed by atoms with Crippen LogP contribution >= 0.6 is 0 Å². The van der Waals surface area contributed by atoms with Crippen molar-refractivity contribution in [2.45, 2.75) is 32.4 Å². The molecule has 0 amide bonds. The molecule has 0 bridgehead atoms. The van der Waals surface area contributed by atoms with Crippen LogP contribution < -0.4 is 4.68 Å². The van der Waals surface area contributed by atoms with Gasteiger partial charge in [0.15, 0.2) is 6.20 Å². The van der Waals surface area contributed by atoms with Crippen LogP contribution in [-0.2, 0) is 19.5 Å². The number of nitrogens with zero attached hydrogens (tertiary/aromatic N) is 3. The molecule has 1 aromatic carbocycles. The van der Waals surface area contributed by atoms with Gasteiger partial charge >= 0.3 is 0 Å². The lowest BCUT2D eigenvalue weighted by atomic mass is 10.1. The van der Waals surface area contributed by atoms with Crippen LogP contribution in [0.2, 0.25) is 0 Å². The fourth-order valence-corrected chi connectivity index (χ4v) is 2.06. The molecule has 0 aliphatic carbocycles. The Balaban J connectivity index is 1.74. The summed E-state index contributed by atoms with van der Waals surface area (Å²) in [6.07, 6.45) is 6.82. The molecular formula is C14H20N3O2+. The average molecular weight is 262 g/mol. The summed E-state index contributed by atoms with van der Waals surface area (Å²) in [5, 5.41) is 22.3. The van der Waals surface area contributed by atoms with Crippen LogP contribution in [0.1, 0.15) is 18.4 Å². The molecule has 0 saturated heterocycles. The normalized spacial score (nSPS) is 10.8. The van der Waals surface area contributed by atoms with Crippen LogP contribution in [0.4, 0.5) is 0 Å². The number of aryl methyl sites for hydroxylation is 2. The first-order valence-electron chi connectivity index (χ1n) is 6.60. The lowest BCUT2D eigenvalue weighted by Crippen LogP contribution is -2.44. The number of hydrogen-bond donors (Lipinski definition) is 2. The Labute approximate surface area is 112 Å². The zero-order chi connectivity index (χ0) is 13.5. The third-order valence-electron chi connectivity index (χ3n) is 3.07. The van der Waals surface area contributed by atoms with E-state index in [0.717, 1.165) is 25.8 Å². The van der Waals surface area contributed by atoms with Gasteiger partial charge in [0.2, 0.25) is 6.20 Å². The first kappa shape index (κ1) is 13.5. The molecule has 0 atom stereocenters. The van der Waals surface area contributed by atoms with Crippen molar-refractivity contribution >= 4 is 0 Å². The Bertz CT molecular complexity index is 494. The topological polar surface area (TPSA) is 62.2 Å². The monoisotopic (exact) mass is 262 g/mol. The standard InChI is InChI=1S/C14H19N3O2/c18-12-11-17-15-8-10-16(17)9-2-1-3-13-4-6-14(19)7-5-13/h4-8,10,18H,1-3,9,11-12H2/p+1. The third-order valence-corrected chi connectivity index (χ3v) is 3.07. The van der Waals surface area contributed by atoms with Crippen molar-refractivity contribution in [3.8, 4) is 5.75 Å². The molecule has 0 aliphatic heterocycles. The summed E-state index contributed by atoms with van der Waals surface area (Å²) in [7, 11) is 0. The predicted octanol–water partition coefficient (Wildman–Crippen LogP) is 0.891. The minimum atomic E-state index is 0.106. The first-order chi connectivity index (χ1) is 9.29. The zero-order valence-electron chi connectivity index (χ0n) is 10.9. The first-order valence-corrected chi connectivity index (χ1v) is 6.60. The Morgan fingerprint density at radius 3 is 2.68 bits per heavy atom. The highest BCUT2D eigenvalue weighted by Gasteiger charge is 2.07. The second-order valence-electron chi connectivity index (χ2n) is 4.52. The number of rotatable bonds is 7. The van der Waals surface area contributed by atoms with Gasteiger partial charge in [0, 0.05) is 5.10 Å². The molecule has 5 nitrogen and oxygen atoms in total. The molecule has 0 spiro atoms. The summed E-state index contributed by atoms with van der Waals surface area (Å²) in [6.45, 7) is 1.54. The molecule has 1 aromatic heterocycles. The Morgan fingerprint density at radius 2 is 1.95 bits per heavy atom. The van der Waals surface area contributed by atoms with Crippen molar-refractivity contribution in [3.63, 3.8) is 0 Å². The van der Waals surface area contributed by atoms with E-state index in [1.54, 1.807) is 23.1 Å². The molecule has 0 fully saturated rings. The largest absolute Gasteiger partial charge is 0.508 e. The summed E-state index contributed by atoms with van der Waals surface area (Å²) in [4.78, 5) is 1.78. The molecule has 0 aliphatic rings. The van der Waals surface area contributed by atoms with Gasteiger partial charge in [-0.15, -0.1) is 0 Å². The van der Waals surface area contributed by atoms with Crippen molar-refractivity contribution in [1.29, 1.82) is 0 Å². The molecule has 1 heterocycles. The highest BCUT2D eigenvalue weighted by atomic mass is 16.3. The number of aliphatic hydroxyl groups is 1. The van der Waals surface area contributed by atoms with Gasteiger partial charge in [-0.1, -0.05) is 12.1 Å². The zero-order valence-corrected chi connectivity index (χ0v) is 10.9. The lowest BCUT2D eigenvalue weighted by molar-refractivity contribution is -0.780. The molecule has 2 N–H and O–H groups in total. The van der Waals surface area contributed by atoms with Crippen LogP contribution in [0.5, 0.6) is 5.75 Å². The molecule has 0 radical (unpaired) electrons. The van der Waals surface area contributed by atoms with Crippen LogP contribution in [0.25, 0.3) is 0 Å². The number of aliphatic hydroxyl groups excluding tert-OH is 1. The number of aromatic nitrogens is 3. The lowest BCUT2D eigenvalue weighted by Gasteiger charge is -2.03. The second-order valence-corrected chi connectivity index (χ2v) is 4.52. The number of hydrogen-bond acceptors (Lipinski definition) is 3. The summed E-state index contributed by atoms with van der Waals surface area (Å²) in [5.41, 5.74) is 1.24. The van der Waals surface area contributed by atoms with Gasteiger partial charge in [0.25, 0.3) is 0 Å². The van der Waals surface area contributed by atoms with Crippen molar-refractivity contribution in [1.82, 2.24) is 9.90 Å². The smallest absolute Gasteiger partial charge is 0.206 e. The average Bonchev–Trinajstić information content (AvgIpc) is 2.85. The molecule has 2 rings (SSSR count). The Hall–Kier alpha value is -1.88. The number of benzene rings is 1. The van der Waals surface area contributed by atoms with Crippen LogP contribution in [0.3, 0.4) is 0 Å². The van der Waals surface area contributed by atoms with E-state index in [4.69, 9.17) is 5.11 Å². The van der Waals surface area contributed by atoms with E-state index in [-0.39, 0.29) is 6.61 Å². The van der Waals surface area contributed by atoms with E-state index in [1.807, 2.05) is 23.0 Å². The maximum Gasteiger partial charge on any atom is 0.206 e. The molecule has 5 heteroatoms. The van der Waals surface area contributed by atoms with Gasteiger partial charge in [-0.05, 0) is 41.8 Å². The van der Waals surface area contributed by atoms with E-state index >= 15 is 0 Å². The van der Waals surface area contributed by atoms with Crippen molar-refractivity contribution in [2.75, 3.05) is 6.61 Å². The van der Waals surface area contributed by atoms with Gasteiger partial charge in [-0.3, -0.25) is 0 Å². The molecule has 0 unspecified atom stereocenters. The van der Waals surface area contributed by atoms with Gasteiger partial charge < -0.3 is 10.2 Å². The SMILES string of the molecule is OCCn1ncc[n+]1CCCCc1ccc(O)cc1.